The Kier molecular flexibility index (Phi) is 8.13. The van der Waals surface area contributed by atoms with Crippen molar-refractivity contribution in [2.45, 2.75) is 70.6 Å². The maximum absolute atomic E-state index is 8.93. The Morgan fingerprint density at radius 2 is 2.19 bits per heavy atom. The second-order valence-corrected chi connectivity index (χ2v) is 13.0. The van der Waals surface area contributed by atoms with Gasteiger partial charge in [-0.1, -0.05) is 26.4 Å². The molecule has 0 aromatic heterocycles. The van der Waals surface area contributed by atoms with Crippen LogP contribution in [0.5, 0.6) is 0 Å². The predicted molar refractivity (Wildman–Crippen MR) is 90.2 cm³/mol. The molecule has 0 amide bonds. The Labute approximate surface area is 132 Å². The summed E-state index contributed by atoms with van der Waals surface area (Å²) < 4.78 is 18.6. The molecule has 0 aromatic carbocycles. The summed E-state index contributed by atoms with van der Waals surface area (Å²) in [6.07, 6.45) is 3.42. The smallest absolute Gasteiger partial charge is 0.335 e. The van der Waals surface area contributed by atoms with Gasteiger partial charge in [0.15, 0.2) is 0 Å². The van der Waals surface area contributed by atoms with Crippen molar-refractivity contribution in [1.29, 1.82) is 5.26 Å². The Morgan fingerprint density at radius 3 is 2.76 bits per heavy atom. The molecule has 0 bridgehead atoms. The van der Waals surface area contributed by atoms with Crippen molar-refractivity contribution in [3.05, 3.63) is 0 Å². The molecule has 1 heterocycles. The SMILES string of the molecule is CCC[Si](C)(OCC(C)C#N)OC1CCCOC1[SiH](C)C. The second kappa shape index (κ2) is 9.06. The van der Waals surface area contributed by atoms with E-state index in [-0.39, 0.29) is 12.0 Å². The van der Waals surface area contributed by atoms with Crippen LogP contribution in [-0.4, -0.2) is 42.4 Å². The van der Waals surface area contributed by atoms with Gasteiger partial charge in [-0.3, -0.25) is 0 Å². The van der Waals surface area contributed by atoms with Gasteiger partial charge in [-0.05, 0) is 32.4 Å². The Balaban J connectivity index is 2.68. The number of hydrogen-bond acceptors (Lipinski definition) is 4. The molecule has 6 heteroatoms. The van der Waals surface area contributed by atoms with Crippen molar-refractivity contribution >= 4 is 17.4 Å². The van der Waals surface area contributed by atoms with E-state index >= 15 is 0 Å². The van der Waals surface area contributed by atoms with Crippen LogP contribution in [0, 0.1) is 17.2 Å². The van der Waals surface area contributed by atoms with E-state index in [4.69, 9.17) is 18.9 Å². The lowest BCUT2D eigenvalue weighted by Gasteiger charge is -2.39. The van der Waals surface area contributed by atoms with Crippen LogP contribution >= 0.6 is 0 Å². The van der Waals surface area contributed by atoms with E-state index in [1.54, 1.807) is 0 Å². The monoisotopic (exact) mass is 329 g/mol. The van der Waals surface area contributed by atoms with Gasteiger partial charge in [0.25, 0.3) is 0 Å². The topological polar surface area (TPSA) is 51.5 Å². The molecule has 0 saturated carbocycles. The van der Waals surface area contributed by atoms with Crippen molar-refractivity contribution < 1.29 is 13.6 Å². The summed E-state index contributed by atoms with van der Waals surface area (Å²) in [5.41, 5.74) is 0.305. The lowest BCUT2D eigenvalue weighted by Crippen LogP contribution is -2.51. The number of hydrogen-bond donors (Lipinski definition) is 0. The number of nitriles is 1. The van der Waals surface area contributed by atoms with E-state index in [2.05, 4.69) is 32.6 Å². The van der Waals surface area contributed by atoms with E-state index in [0.717, 1.165) is 31.9 Å². The Hall–Kier alpha value is -0.196. The van der Waals surface area contributed by atoms with Crippen LogP contribution in [-0.2, 0) is 13.6 Å². The molecule has 122 valence electrons. The van der Waals surface area contributed by atoms with Crippen LogP contribution in [0.4, 0.5) is 0 Å². The average Bonchev–Trinajstić information content (AvgIpc) is 2.45. The summed E-state index contributed by atoms with van der Waals surface area (Å²) in [6, 6.07) is 3.21. The molecule has 0 N–H and O–H groups in total. The third kappa shape index (κ3) is 6.21. The van der Waals surface area contributed by atoms with Crippen molar-refractivity contribution in [3.63, 3.8) is 0 Å². The normalized spacial score (nSPS) is 27.1. The minimum absolute atomic E-state index is 0.0739. The molecule has 21 heavy (non-hydrogen) atoms. The third-order valence-electron chi connectivity index (χ3n) is 3.93. The van der Waals surface area contributed by atoms with Crippen LogP contribution in [0.1, 0.15) is 33.1 Å². The second-order valence-electron chi connectivity index (χ2n) is 6.60. The van der Waals surface area contributed by atoms with Gasteiger partial charge in [0, 0.05) is 6.61 Å². The maximum atomic E-state index is 8.93. The van der Waals surface area contributed by atoms with Crippen molar-refractivity contribution in [1.82, 2.24) is 0 Å². The number of rotatable bonds is 8. The standard InChI is InChI=1S/C15H31NO3Si2/c1-6-10-21(5,18-12-13(2)11-16)19-14-8-7-9-17-15(14)20(3)4/h13-15,20H,6-10,12H2,1-5H3. The minimum Gasteiger partial charge on any atom is -0.393 e. The maximum Gasteiger partial charge on any atom is 0.335 e. The fourth-order valence-corrected chi connectivity index (χ4v) is 7.34. The summed E-state index contributed by atoms with van der Waals surface area (Å²) in [6.45, 7) is 12.2. The summed E-state index contributed by atoms with van der Waals surface area (Å²) >= 11 is 0. The summed E-state index contributed by atoms with van der Waals surface area (Å²) in [5, 5.41) is 8.93. The molecule has 1 fully saturated rings. The Morgan fingerprint density at radius 1 is 1.48 bits per heavy atom. The average molecular weight is 330 g/mol. The first-order valence-electron chi connectivity index (χ1n) is 8.25. The minimum atomic E-state index is -2.21. The third-order valence-corrected chi connectivity index (χ3v) is 8.85. The number of ether oxygens (including phenoxy) is 1. The first kappa shape index (κ1) is 18.9. The van der Waals surface area contributed by atoms with Gasteiger partial charge in [-0.25, -0.2) is 0 Å². The first-order chi connectivity index (χ1) is 9.91. The zero-order valence-electron chi connectivity index (χ0n) is 14.2. The molecule has 1 aliphatic rings. The van der Waals surface area contributed by atoms with Gasteiger partial charge >= 0.3 is 8.56 Å². The fraction of sp³-hybridized carbons (Fsp3) is 0.933. The molecular formula is C15H31NO3Si2. The summed E-state index contributed by atoms with van der Waals surface area (Å²) in [5.74, 6) is -0.0739. The van der Waals surface area contributed by atoms with E-state index < -0.39 is 17.4 Å². The quantitative estimate of drug-likeness (QED) is 0.642. The predicted octanol–water partition coefficient (Wildman–Crippen LogP) is 3.23. The van der Waals surface area contributed by atoms with Crippen LogP contribution in [0.2, 0.25) is 25.7 Å². The molecular weight excluding hydrogens is 298 g/mol. The van der Waals surface area contributed by atoms with Gasteiger partial charge in [0.05, 0.1) is 39.2 Å². The van der Waals surface area contributed by atoms with Gasteiger partial charge in [-0.2, -0.15) is 5.26 Å². The highest BCUT2D eigenvalue weighted by atomic mass is 28.4. The van der Waals surface area contributed by atoms with E-state index in [1.165, 1.54) is 0 Å². The van der Waals surface area contributed by atoms with Crippen LogP contribution in [0.25, 0.3) is 0 Å². The molecule has 1 rings (SSSR count). The molecule has 1 saturated heterocycles. The van der Waals surface area contributed by atoms with Gasteiger partial charge in [0.1, 0.15) is 0 Å². The summed E-state index contributed by atoms with van der Waals surface area (Å²) in [7, 11) is -3.11. The van der Waals surface area contributed by atoms with Crippen molar-refractivity contribution in [3.8, 4) is 6.07 Å². The van der Waals surface area contributed by atoms with E-state index in [0.29, 0.717) is 12.3 Å². The lowest BCUT2D eigenvalue weighted by molar-refractivity contribution is -0.0388. The molecule has 0 aliphatic carbocycles. The first-order valence-corrected chi connectivity index (χ1v) is 13.7. The van der Waals surface area contributed by atoms with Crippen LogP contribution in [0.3, 0.4) is 0 Å². The van der Waals surface area contributed by atoms with E-state index in [9.17, 15) is 0 Å². The Bertz CT molecular complexity index is 348. The van der Waals surface area contributed by atoms with Gasteiger partial charge < -0.3 is 13.6 Å². The highest BCUT2D eigenvalue weighted by Gasteiger charge is 2.39. The zero-order chi connectivity index (χ0) is 15.9. The number of nitrogens with zero attached hydrogens (tertiary/aromatic N) is 1. The van der Waals surface area contributed by atoms with Crippen LogP contribution in [0.15, 0.2) is 0 Å². The van der Waals surface area contributed by atoms with Gasteiger partial charge in [0.2, 0.25) is 0 Å². The highest BCUT2D eigenvalue weighted by Crippen LogP contribution is 2.26. The molecule has 0 spiro atoms. The molecule has 4 atom stereocenters. The van der Waals surface area contributed by atoms with Gasteiger partial charge in [-0.15, -0.1) is 0 Å². The van der Waals surface area contributed by atoms with Crippen molar-refractivity contribution in [2.24, 2.45) is 5.92 Å². The van der Waals surface area contributed by atoms with Crippen molar-refractivity contribution in [2.75, 3.05) is 13.2 Å². The van der Waals surface area contributed by atoms with E-state index in [1.807, 2.05) is 6.92 Å². The zero-order valence-corrected chi connectivity index (χ0v) is 16.4. The highest BCUT2D eigenvalue weighted by molar-refractivity contribution is 6.66. The molecule has 4 nitrogen and oxygen atoms in total. The largest absolute Gasteiger partial charge is 0.393 e. The molecule has 1 aliphatic heterocycles. The molecule has 0 radical (unpaired) electrons. The lowest BCUT2D eigenvalue weighted by atomic mass is 10.2. The fourth-order valence-electron chi connectivity index (χ4n) is 2.80. The van der Waals surface area contributed by atoms with Crippen LogP contribution < -0.4 is 0 Å². The molecule has 4 unspecified atom stereocenters. The summed E-state index contributed by atoms with van der Waals surface area (Å²) in [4.78, 5) is 0. The molecule has 0 aromatic rings.